The zero-order valence-corrected chi connectivity index (χ0v) is 13.8. The van der Waals surface area contributed by atoms with Crippen LogP contribution < -0.4 is 0 Å². The van der Waals surface area contributed by atoms with Gasteiger partial charge in [0.25, 0.3) is 0 Å². The molecule has 0 bridgehead atoms. The van der Waals surface area contributed by atoms with Gasteiger partial charge < -0.3 is 4.90 Å². The van der Waals surface area contributed by atoms with Crippen molar-refractivity contribution in [1.29, 1.82) is 0 Å². The number of thiophene rings is 1. The van der Waals surface area contributed by atoms with Gasteiger partial charge in [0.15, 0.2) is 0 Å². The number of rotatable bonds is 2. The van der Waals surface area contributed by atoms with Crippen molar-refractivity contribution >= 4 is 17.2 Å². The van der Waals surface area contributed by atoms with E-state index in [0.29, 0.717) is 6.42 Å². The van der Waals surface area contributed by atoms with Gasteiger partial charge in [-0.05, 0) is 44.2 Å². The van der Waals surface area contributed by atoms with Crippen molar-refractivity contribution in [1.82, 2.24) is 14.7 Å². The number of hydrogen-bond donors (Lipinski definition) is 0. The van der Waals surface area contributed by atoms with E-state index in [4.69, 9.17) is 0 Å². The quantitative estimate of drug-likeness (QED) is 0.855. The number of amides is 1. The molecule has 0 unspecified atom stereocenters. The second-order valence-electron chi connectivity index (χ2n) is 5.76. The Kier molecular flexibility index (Phi) is 3.61. The predicted molar refractivity (Wildman–Crippen MR) is 84.5 cm³/mol. The summed E-state index contributed by atoms with van der Waals surface area (Å²) in [5, 5.41) is 6.53. The third-order valence-electron chi connectivity index (χ3n) is 4.58. The van der Waals surface area contributed by atoms with Gasteiger partial charge in [-0.15, -0.1) is 11.3 Å². The summed E-state index contributed by atoms with van der Waals surface area (Å²) in [7, 11) is 1.93. The highest BCUT2D eigenvalue weighted by Crippen LogP contribution is 2.33. The fourth-order valence-electron chi connectivity index (χ4n) is 3.18. The van der Waals surface area contributed by atoms with E-state index in [1.807, 2.05) is 30.5 Å². The lowest BCUT2D eigenvalue weighted by Gasteiger charge is -2.33. The minimum atomic E-state index is 0.185. The molecule has 2 aromatic heterocycles. The van der Waals surface area contributed by atoms with Gasteiger partial charge in [-0.3, -0.25) is 9.48 Å². The Morgan fingerprint density at radius 3 is 2.90 bits per heavy atom. The average Bonchev–Trinajstić information content (AvgIpc) is 3.00. The minimum absolute atomic E-state index is 0.185. The van der Waals surface area contributed by atoms with E-state index in [9.17, 15) is 4.79 Å². The normalized spacial score (nSPS) is 17.9. The third-order valence-corrected chi connectivity index (χ3v) is 5.58. The molecule has 1 aliphatic rings. The van der Waals surface area contributed by atoms with Gasteiger partial charge in [-0.2, -0.15) is 5.10 Å². The first-order valence-corrected chi connectivity index (χ1v) is 8.21. The SMILES string of the molecule is Cc1nn(C)c(C)c1CC(=O)N1CCc2sccc2[C@@H]1C. The molecular weight excluding hydrogens is 282 g/mol. The molecule has 0 fully saturated rings. The highest BCUT2D eigenvalue weighted by Gasteiger charge is 2.29. The molecule has 3 heterocycles. The predicted octanol–water partition coefficient (Wildman–Crippen LogP) is 2.79. The van der Waals surface area contributed by atoms with E-state index < -0.39 is 0 Å². The Labute approximate surface area is 129 Å². The van der Waals surface area contributed by atoms with Gasteiger partial charge in [-0.1, -0.05) is 0 Å². The summed E-state index contributed by atoms with van der Waals surface area (Å²) in [6.45, 7) is 6.96. The molecule has 1 aliphatic heterocycles. The summed E-state index contributed by atoms with van der Waals surface area (Å²) in [6, 6.07) is 2.34. The van der Waals surface area contributed by atoms with Crippen LogP contribution in [0.4, 0.5) is 0 Å². The van der Waals surface area contributed by atoms with E-state index in [1.54, 1.807) is 11.3 Å². The maximum absolute atomic E-state index is 12.7. The van der Waals surface area contributed by atoms with Crippen LogP contribution in [0.3, 0.4) is 0 Å². The van der Waals surface area contributed by atoms with Crippen molar-refractivity contribution < 1.29 is 4.79 Å². The van der Waals surface area contributed by atoms with Crippen molar-refractivity contribution in [2.75, 3.05) is 6.54 Å². The van der Waals surface area contributed by atoms with Crippen LogP contribution in [0.1, 0.15) is 40.4 Å². The Balaban J connectivity index is 1.80. The molecule has 0 saturated heterocycles. The maximum Gasteiger partial charge on any atom is 0.227 e. The van der Waals surface area contributed by atoms with Crippen LogP contribution in [0.5, 0.6) is 0 Å². The summed E-state index contributed by atoms with van der Waals surface area (Å²) >= 11 is 1.80. The fraction of sp³-hybridized carbons (Fsp3) is 0.500. The lowest BCUT2D eigenvalue weighted by Crippen LogP contribution is -2.39. The van der Waals surface area contributed by atoms with Crippen LogP contribution in [0.25, 0.3) is 0 Å². The van der Waals surface area contributed by atoms with Gasteiger partial charge in [-0.25, -0.2) is 0 Å². The third kappa shape index (κ3) is 2.39. The molecule has 0 saturated carbocycles. The Morgan fingerprint density at radius 1 is 1.48 bits per heavy atom. The molecule has 1 amide bonds. The molecule has 21 heavy (non-hydrogen) atoms. The molecule has 0 aromatic carbocycles. The molecule has 5 heteroatoms. The molecule has 4 nitrogen and oxygen atoms in total. The second kappa shape index (κ2) is 5.30. The molecule has 1 atom stereocenters. The topological polar surface area (TPSA) is 38.1 Å². The Bertz CT molecular complexity index is 686. The lowest BCUT2D eigenvalue weighted by molar-refractivity contribution is -0.133. The molecular formula is C16H21N3OS. The summed E-state index contributed by atoms with van der Waals surface area (Å²) in [4.78, 5) is 16.2. The number of carbonyl (C=O) groups is 1. The largest absolute Gasteiger partial charge is 0.335 e. The Morgan fingerprint density at radius 2 is 2.24 bits per heavy atom. The highest BCUT2D eigenvalue weighted by atomic mass is 32.1. The van der Waals surface area contributed by atoms with Crippen molar-refractivity contribution in [3.8, 4) is 0 Å². The smallest absolute Gasteiger partial charge is 0.227 e. The molecule has 2 aromatic rings. The van der Waals surface area contributed by atoms with Crippen molar-refractivity contribution in [2.24, 2.45) is 7.05 Å². The van der Waals surface area contributed by atoms with E-state index in [1.165, 1.54) is 10.4 Å². The van der Waals surface area contributed by atoms with Crippen molar-refractivity contribution in [3.05, 3.63) is 38.8 Å². The van der Waals surface area contributed by atoms with Gasteiger partial charge in [0.05, 0.1) is 18.2 Å². The first-order chi connectivity index (χ1) is 9.99. The number of nitrogens with zero attached hydrogens (tertiary/aromatic N) is 3. The maximum atomic E-state index is 12.7. The van der Waals surface area contributed by atoms with Gasteiger partial charge in [0.1, 0.15) is 0 Å². The number of carbonyl (C=O) groups excluding carboxylic acids is 1. The van der Waals surface area contributed by atoms with Crippen LogP contribution in [0.2, 0.25) is 0 Å². The van der Waals surface area contributed by atoms with Crippen LogP contribution >= 0.6 is 11.3 Å². The lowest BCUT2D eigenvalue weighted by atomic mass is 10.00. The van der Waals surface area contributed by atoms with E-state index >= 15 is 0 Å². The number of hydrogen-bond acceptors (Lipinski definition) is 3. The van der Waals surface area contributed by atoms with Gasteiger partial charge in [0.2, 0.25) is 5.91 Å². The first kappa shape index (κ1) is 14.3. The van der Waals surface area contributed by atoms with E-state index in [2.05, 4.69) is 23.5 Å². The summed E-state index contributed by atoms with van der Waals surface area (Å²) in [5.41, 5.74) is 4.44. The standard InChI is InChI=1S/C16H21N3OS/c1-10-14(11(2)18(4)17-10)9-16(20)19-7-5-15-13(12(19)3)6-8-21-15/h6,8,12H,5,7,9H2,1-4H3/t12-/m0/s1. The summed E-state index contributed by atoms with van der Waals surface area (Å²) < 4.78 is 1.86. The zero-order valence-electron chi connectivity index (χ0n) is 13.0. The van der Waals surface area contributed by atoms with Crippen molar-refractivity contribution in [3.63, 3.8) is 0 Å². The van der Waals surface area contributed by atoms with Crippen LogP contribution in [0, 0.1) is 13.8 Å². The van der Waals surface area contributed by atoms with Gasteiger partial charge in [0, 0.05) is 29.7 Å². The zero-order chi connectivity index (χ0) is 15.1. The van der Waals surface area contributed by atoms with E-state index in [0.717, 1.165) is 29.9 Å². The van der Waals surface area contributed by atoms with Crippen molar-refractivity contribution in [2.45, 2.75) is 39.7 Å². The molecule has 0 aliphatic carbocycles. The second-order valence-corrected chi connectivity index (χ2v) is 6.76. The average molecular weight is 303 g/mol. The molecule has 0 spiro atoms. The first-order valence-electron chi connectivity index (χ1n) is 7.34. The van der Waals surface area contributed by atoms with Crippen LogP contribution in [-0.2, 0) is 24.7 Å². The molecule has 0 N–H and O–H groups in total. The monoisotopic (exact) mass is 303 g/mol. The minimum Gasteiger partial charge on any atom is -0.335 e. The molecule has 112 valence electrons. The van der Waals surface area contributed by atoms with Gasteiger partial charge >= 0.3 is 0 Å². The van der Waals surface area contributed by atoms with E-state index in [-0.39, 0.29) is 11.9 Å². The van der Waals surface area contributed by atoms with Crippen LogP contribution in [0.15, 0.2) is 11.4 Å². The number of aryl methyl sites for hydroxylation is 2. The number of aromatic nitrogens is 2. The Hall–Kier alpha value is -1.62. The summed E-state index contributed by atoms with van der Waals surface area (Å²) in [6.07, 6.45) is 1.43. The van der Waals surface area contributed by atoms with Crippen LogP contribution in [-0.4, -0.2) is 27.1 Å². The highest BCUT2D eigenvalue weighted by molar-refractivity contribution is 7.10. The molecule has 0 radical (unpaired) electrons. The number of fused-ring (bicyclic) bond motifs is 1. The molecule has 3 rings (SSSR count). The summed E-state index contributed by atoms with van der Waals surface area (Å²) in [5.74, 6) is 0.207. The fourth-order valence-corrected chi connectivity index (χ4v) is 4.14.